The number of anilines is 2. The van der Waals surface area contributed by atoms with Gasteiger partial charge in [-0.05, 0) is 57.2 Å². The van der Waals surface area contributed by atoms with E-state index in [0.29, 0.717) is 10.5 Å². The van der Waals surface area contributed by atoms with Crippen molar-refractivity contribution in [2.24, 2.45) is 0 Å². The van der Waals surface area contributed by atoms with Gasteiger partial charge < -0.3 is 4.74 Å². The quantitative estimate of drug-likeness (QED) is 0.530. The molecule has 168 valence electrons. The zero-order valence-corrected chi connectivity index (χ0v) is 19.3. The summed E-state index contributed by atoms with van der Waals surface area (Å²) in [6, 6.07) is 8.26. The third-order valence-corrected chi connectivity index (χ3v) is 6.69. The predicted molar refractivity (Wildman–Crippen MR) is 114 cm³/mol. The first-order valence-electron chi connectivity index (χ1n) is 9.20. The summed E-state index contributed by atoms with van der Waals surface area (Å²) in [6.45, 7) is 4.95. The second-order valence-electron chi connectivity index (χ2n) is 7.87. The van der Waals surface area contributed by atoms with Crippen LogP contribution in [0.5, 0.6) is 0 Å². The van der Waals surface area contributed by atoms with Crippen molar-refractivity contribution in [1.29, 1.82) is 0 Å². The number of nitrogens with zero attached hydrogens (tertiary/aromatic N) is 2. The van der Waals surface area contributed by atoms with E-state index >= 15 is 0 Å². The lowest BCUT2D eigenvalue weighted by atomic mass is 10.2. The summed E-state index contributed by atoms with van der Waals surface area (Å²) in [5, 5.41) is 0. The van der Waals surface area contributed by atoms with Crippen LogP contribution >= 0.6 is 15.9 Å². The molecule has 3 rings (SSSR count). The van der Waals surface area contributed by atoms with Gasteiger partial charge in [0, 0.05) is 11.0 Å². The molecule has 0 saturated carbocycles. The van der Waals surface area contributed by atoms with E-state index in [1.54, 1.807) is 32.9 Å². The summed E-state index contributed by atoms with van der Waals surface area (Å²) in [5.41, 5.74) is -1.38. The zero-order chi connectivity index (χ0) is 23.2. The highest BCUT2D eigenvalue weighted by Gasteiger charge is 2.37. The average Bonchev–Trinajstić information content (AvgIpc) is 2.64. The minimum Gasteiger partial charge on any atom is -0.443 e. The van der Waals surface area contributed by atoms with E-state index in [4.69, 9.17) is 4.74 Å². The summed E-state index contributed by atoms with van der Waals surface area (Å²) < 4.78 is 72.7. The Balaban J connectivity index is 2.06. The number of rotatable bonds is 2. The molecular weight excluding hydrogens is 501 g/mol. The van der Waals surface area contributed by atoms with E-state index < -0.39 is 38.4 Å². The Kier molecular flexibility index (Phi) is 6.05. The predicted octanol–water partition coefficient (Wildman–Crippen LogP) is 5.42. The number of alkyl halides is 3. The molecule has 2 aromatic carbocycles. The Labute approximate surface area is 186 Å². The Hall–Kier alpha value is -2.27. The zero-order valence-electron chi connectivity index (χ0n) is 16.9. The SMILES string of the molecule is CC(C)(C)OC(=O)N1CCN(S(=O)(=O)c2cccc(C(F)(F)F)c2)c2cc(Br)ccc21. The third-order valence-electron chi connectivity index (χ3n) is 4.39. The fourth-order valence-corrected chi connectivity index (χ4v) is 4.93. The lowest BCUT2D eigenvalue weighted by Gasteiger charge is -2.37. The summed E-state index contributed by atoms with van der Waals surface area (Å²) in [6.07, 6.45) is -5.32. The fourth-order valence-electron chi connectivity index (χ4n) is 3.07. The van der Waals surface area contributed by atoms with Crippen LogP contribution in [0.15, 0.2) is 51.8 Å². The lowest BCUT2D eigenvalue weighted by Crippen LogP contribution is -2.47. The smallest absolute Gasteiger partial charge is 0.416 e. The van der Waals surface area contributed by atoms with E-state index in [2.05, 4.69) is 15.9 Å². The van der Waals surface area contributed by atoms with Crippen LogP contribution in [0.25, 0.3) is 0 Å². The number of ether oxygens (including phenoxy) is 1. The van der Waals surface area contributed by atoms with E-state index in [9.17, 15) is 26.4 Å². The molecular formula is C20H20BrF3N2O4S. The second kappa shape index (κ2) is 8.01. The summed E-state index contributed by atoms with van der Waals surface area (Å²) >= 11 is 3.28. The summed E-state index contributed by atoms with van der Waals surface area (Å²) in [4.78, 5) is 13.5. The summed E-state index contributed by atoms with van der Waals surface area (Å²) in [7, 11) is -4.33. The van der Waals surface area contributed by atoms with Crippen LogP contribution in [0.4, 0.5) is 29.3 Å². The second-order valence-corrected chi connectivity index (χ2v) is 10.6. The number of carbonyl (C=O) groups excluding carboxylic acids is 1. The van der Waals surface area contributed by atoms with Crippen LogP contribution < -0.4 is 9.21 Å². The largest absolute Gasteiger partial charge is 0.443 e. The number of fused-ring (bicyclic) bond motifs is 1. The molecule has 0 spiro atoms. The molecule has 1 amide bonds. The number of carbonyl (C=O) groups is 1. The average molecular weight is 521 g/mol. The molecule has 0 fully saturated rings. The third kappa shape index (κ3) is 4.98. The topological polar surface area (TPSA) is 66.9 Å². The molecule has 0 aliphatic carbocycles. The number of amides is 1. The van der Waals surface area contributed by atoms with E-state index in [1.807, 2.05) is 0 Å². The molecule has 0 unspecified atom stereocenters. The fraction of sp³-hybridized carbons (Fsp3) is 0.350. The van der Waals surface area contributed by atoms with Crippen molar-refractivity contribution in [1.82, 2.24) is 0 Å². The molecule has 0 bridgehead atoms. The van der Waals surface area contributed by atoms with Gasteiger partial charge in [0.05, 0.1) is 28.4 Å². The Morgan fingerprint density at radius 2 is 1.71 bits per heavy atom. The van der Waals surface area contributed by atoms with Gasteiger partial charge >= 0.3 is 12.3 Å². The van der Waals surface area contributed by atoms with Crippen LogP contribution in [-0.2, 0) is 20.9 Å². The van der Waals surface area contributed by atoms with Crippen LogP contribution in [0, 0.1) is 0 Å². The molecule has 0 radical (unpaired) electrons. The molecule has 1 aliphatic heterocycles. The standard InChI is InChI=1S/C20H20BrF3N2O4S/c1-19(2,3)30-18(27)25-9-10-26(17-12-14(21)7-8-16(17)25)31(28,29)15-6-4-5-13(11-15)20(22,23)24/h4-8,11-12H,9-10H2,1-3H3. The van der Waals surface area contributed by atoms with Crippen molar-refractivity contribution >= 4 is 43.4 Å². The first-order chi connectivity index (χ1) is 14.2. The van der Waals surface area contributed by atoms with Crippen LogP contribution in [0.3, 0.4) is 0 Å². The van der Waals surface area contributed by atoms with Gasteiger partial charge in [0.1, 0.15) is 5.60 Å². The Morgan fingerprint density at radius 3 is 2.32 bits per heavy atom. The van der Waals surface area contributed by atoms with Crippen molar-refractivity contribution in [2.75, 3.05) is 22.3 Å². The molecule has 6 nitrogen and oxygen atoms in total. The molecule has 31 heavy (non-hydrogen) atoms. The van der Waals surface area contributed by atoms with Crippen LogP contribution in [0.2, 0.25) is 0 Å². The summed E-state index contributed by atoms with van der Waals surface area (Å²) in [5.74, 6) is 0. The van der Waals surface area contributed by atoms with Gasteiger partial charge in [-0.15, -0.1) is 0 Å². The number of sulfonamides is 1. The van der Waals surface area contributed by atoms with Crippen molar-refractivity contribution in [3.05, 3.63) is 52.5 Å². The first-order valence-corrected chi connectivity index (χ1v) is 11.4. The minimum atomic E-state index is -4.68. The van der Waals surface area contributed by atoms with Gasteiger partial charge in [0.25, 0.3) is 10.0 Å². The van der Waals surface area contributed by atoms with Crippen molar-refractivity contribution in [2.45, 2.75) is 37.4 Å². The van der Waals surface area contributed by atoms with Gasteiger partial charge in [-0.25, -0.2) is 13.2 Å². The highest BCUT2D eigenvalue weighted by Crippen LogP contribution is 2.40. The molecule has 1 heterocycles. The molecule has 11 heteroatoms. The van der Waals surface area contributed by atoms with Crippen molar-refractivity contribution < 1.29 is 31.1 Å². The number of hydrogen-bond donors (Lipinski definition) is 0. The van der Waals surface area contributed by atoms with E-state index in [0.717, 1.165) is 22.5 Å². The maximum atomic E-state index is 13.3. The van der Waals surface area contributed by atoms with E-state index in [-0.39, 0.29) is 24.5 Å². The highest BCUT2D eigenvalue weighted by molar-refractivity contribution is 9.10. The highest BCUT2D eigenvalue weighted by atomic mass is 79.9. The van der Waals surface area contributed by atoms with Gasteiger partial charge in [0.2, 0.25) is 0 Å². The number of halogens is 4. The van der Waals surface area contributed by atoms with Gasteiger partial charge in [-0.1, -0.05) is 22.0 Å². The molecule has 0 saturated heterocycles. The van der Waals surface area contributed by atoms with Crippen molar-refractivity contribution in [3.63, 3.8) is 0 Å². The molecule has 0 aromatic heterocycles. The van der Waals surface area contributed by atoms with Gasteiger partial charge in [-0.2, -0.15) is 13.2 Å². The Morgan fingerprint density at radius 1 is 1.03 bits per heavy atom. The van der Waals surface area contributed by atoms with E-state index in [1.165, 1.54) is 11.0 Å². The van der Waals surface area contributed by atoms with Crippen LogP contribution in [0.1, 0.15) is 26.3 Å². The first kappa shape index (κ1) is 23.4. The molecule has 1 aliphatic rings. The lowest BCUT2D eigenvalue weighted by molar-refractivity contribution is -0.137. The monoisotopic (exact) mass is 520 g/mol. The molecule has 0 atom stereocenters. The van der Waals surface area contributed by atoms with Crippen LogP contribution in [-0.4, -0.2) is 33.2 Å². The maximum absolute atomic E-state index is 13.3. The number of benzene rings is 2. The van der Waals surface area contributed by atoms with Crippen molar-refractivity contribution in [3.8, 4) is 0 Å². The minimum absolute atomic E-state index is 0.0261. The van der Waals surface area contributed by atoms with Gasteiger partial charge in [0.15, 0.2) is 0 Å². The number of hydrogen-bond acceptors (Lipinski definition) is 4. The molecule has 0 N–H and O–H groups in total. The molecule has 2 aromatic rings. The van der Waals surface area contributed by atoms with Gasteiger partial charge in [-0.3, -0.25) is 9.21 Å². The Bertz CT molecular complexity index is 1110. The maximum Gasteiger partial charge on any atom is 0.416 e. The normalized spacial score (nSPS) is 14.9.